The Labute approximate surface area is 191 Å². The number of para-hydroxylation sites is 1. The van der Waals surface area contributed by atoms with Gasteiger partial charge in [-0.05, 0) is 64.8 Å². The molecule has 1 aromatic heterocycles. The number of phenolic OH excluding ortho intramolecular Hbond substituents is 1. The third-order valence-corrected chi connectivity index (χ3v) is 6.25. The lowest BCUT2D eigenvalue weighted by molar-refractivity contribution is 0.0971. The van der Waals surface area contributed by atoms with Crippen LogP contribution in [0.3, 0.4) is 0 Å². The zero-order valence-electron chi connectivity index (χ0n) is 17.3. The Balaban J connectivity index is 1.85. The highest BCUT2D eigenvalue weighted by Gasteiger charge is 2.44. The number of halogens is 1. The third kappa shape index (κ3) is 3.00. The van der Waals surface area contributed by atoms with E-state index >= 15 is 0 Å². The molecule has 1 unspecified atom stereocenters. The van der Waals surface area contributed by atoms with Gasteiger partial charge in [-0.15, -0.1) is 0 Å². The lowest BCUT2D eigenvalue weighted by atomic mass is 9.97. The zero-order chi connectivity index (χ0) is 22.6. The zero-order valence-corrected chi connectivity index (χ0v) is 18.8. The summed E-state index contributed by atoms with van der Waals surface area (Å²) in [6.07, 6.45) is 0. The number of aromatic hydroxyl groups is 1. The van der Waals surface area contributed by atoms with Gasteiger partial charge in [0.15, 0.2) is 16.9 Å². The third-order valence-electron chi connectivity index (χ3n) is 5.65. The van der Waals surface area contributed by atoms with Crippen LogP contribution in [0.1, 0.15) is 33.3 Å². The highest BCUT2D eigenvalue weighted by molar-refractivity contribution is 9.10. The first-order valence-electron chi connectivity index (χ1n) is 9.93. The van der Waals surface area contributed by atoms with Crippen molar-refractivity contribution in [1.82, 2.24) is 0 Å². The van der Waals surface area contributed by atoms with Crippen molar-refractivity contribution in [2.24, 2.45) is 0 Å². The first-order valence-corrected chi connectivity index (χ1v) is 10.7. The lowest BCUT2D eigenvalue weighted by Crippen LogP contribution is -2.29. The van der Waals surface area contributed by atoms with Gasteiger partial charge >= 0.3 is 0 Å². The summed E-state index contributed by atoms with van der Waals surface area (Å²) >= 11 is 3.35. The van der Waals surface area contributed by atoms with Crippen molar-refractivity contribution >= 4 is 38.5 Å². The summed E-state index contributed by atoms with van der Waals surface area (Å²) in [5, 5.41) is 10.7. The van der Waals surface area contributed by atoms with E-state index in [-0.39, 0.29) is 28.3 Å². The molecule has 32 heavy (non-hydrogen) atoms. The summed E-state index contributed by atoms with van der Waals surface area (Å²) in [4.78, 5) is 28.7. The second-order valence-corrected chi connectivity index (χ2v) is 8.49. The molecule has 0 fully saturated rings. The molecule has 0 saturated carbocycles. The minimum Gasteiger partial charge on any atom is -0.503 e. The van der Waals surface area contributed by atoms with Crippen molar-refractivity contribution in [3.8, 4) is 11.5 Å². The molecule has 0 bridgehead atoms. The van der Waals surface area contributed by atoms with E-state index in [2.05, 4.69) is 15.9 Å². The molecular formula is C25H18BrNO5. The molecule has 5 rings (SSSR count). The van der Waals surface area contributed by atoms with E-state index in [4.69, 9.17) is 9.15 Å². The number of rotatable bonds is 3. The molecule has 1 amide bonds. The van der Waals surface area contributed by atoms with Gasteiger partial charge < -0.3 is 14.3 Å². The predicted octanol–water partition coefficient (Wildman–Crippen LogP) is 5.33. The van der Waals surface area contributed by atoms with Crippen LogP contribution in [0.2, 0.25) is 0 Å². The normalized spacial score (nSPS) is 15.3. The van der Waals surface area contributed by atoms with Gasteiger partial charge in [-0.3, -0.25) is 14.5 Å². The Morgan fingerprint density at radius 3 is 2.53 bits per heavy atom. The van der Waals surface area contributed by atoms with Gasteiger partial charge in [-0.25, -0.2) is 0 Å². The fourth-order valence-electron chi connectivity index (χ4n) is 4.16. The van der Waals surface area contributed by atoms with Crippen LogP contribution in [0.5, 0.6) is 11.5 Å². The highest BCUT2D eigenvalue weighted by Crippen LogP contribution is 2.45. The van der Waals surface area contributed by atoms with Crippen LogP contribution in [0.25, 0.3) is 11.0 Å². The second-order valence-electron chi connectivity index (χ2n) is 7.64. The maximum atomic E-state index is 13.7. The van der Waals surface area contributed by atoms with Crippen LogP contribution in [-0.4, -0.2) is 18.1 Å². The van der Waals surface area contributed by atoms with E-state index in [0.717, 1.165) is 5.56 Å². The average Bonchev–Trinajstić information content (AvgIpc) is 3.09. The van der Waals surface area contributed by atoms with Crippen molar-refractivity contribution in [2.75, 3.05) is 12.0 Å². The average molecular weight is 492 g/mol. The molecule has 2 heterocycles. The van der Waals surface area contributed by atoms with E-state index in [1.54, 1.807) is 41.3 Å². The second kappa shape index (κ2) is 7.53. The van der Waals surface area contributed by atoms with Crippen molar-refractivity contribution < 1.29 is 19.1 Å². The summed E-state index contributed by atoms with van der Waals surface area (Å²) in [6, 6.07) is 17.0. The number of carbonyl (C=O) groups is 1. The summed E-state index contributed by atoms with van der Waals surface area (Å²) in [7, 11) is 1.44. The van der Waals surface area contributed by atoms with Gasteiger partial charge in [0.25, 0.3) is 5.91 Å². The van der Waals surface area contributed by atoms with Crippen LogP contribution in [0, 0.1) is 6.92 Å². The van der Waals surface area contributed by atoms with E-state index < -0.39 is 11.9 Å². The fraction of sp³-hybridized carbons (Fsp3) is 0.120. The Bertz CT molecular complexity index is 1440. The monoisotopic (exact) mass is 491 g/mol. The molecule has 0 aliphatic carbocycles. The standard InChI is InChI=1S/C25H18BrNO5/c1-13-8-9-18-16(10-13)22(28)20-21(14-11-17(26)23(29)19(12-14)31-2)27(25(30)24(20)32-18)15-6-4-3-5-7-15/h3-12,21,29H,1-2H3. The first kappa shape index (κ1) is 20.3. The molecule has 1 N–H and O–H groups in total. The number of carbonyl (C=O) groups excluding carboxylic acids is 1. The molecule has 3 aromatic carbocycles. The number of phenols is 1. The quantitative estimate of drug-likeness (QED) is 0.419. The number of nitrogens with zero attached hydrogens (tertiary/aromatic N) is 1. The predicted molar refractivity (Wildman–Crippen MR) is 125 cm³/mol. The number of aryl methyl sites for hydroxylation is 1. The van der Waals surface area contributed by atoms with E-state index in [1.165, 1.54) is 7.11 Å². The minimum absolute atomic E-state index is 0.0170. The number of hydrogen-bond donors (Lipinski definition) is 1. The highest BCUT2D eigenvalue weighted by atomic mass is 79.9. The minimum atomic E-state index is -0.758. The molecule has 4 aromatic rings. The van der Waals surface area contributed by atoms with Gasteiger partial charge in [-0.1, -0.05) is 29.8 Å². The van der Waals surface area contributed by atoms with Gasteiger partial charge in [0, 0.05) is 5.69 Å². The van der Waals surface area contributed by atoms with E-state index in [9.17, 15) is 14.7 Å². The number of fused-ring (bicyclic) bond motifs is 2. The van der Waals surface area contributed by atoms with Crippen LogP contribution in [-0.2, 0) is 0 Å². The molecule has 0 radical (unpaired) electrons. The number of hydrogen-bond acceptors (Lipinski definition) is 5. The van der Waals surface area contributed by atoms with Crippen LogP contribution < -0.4 is 15.1 Å². The van der Waals surface area contributed by atoms with Crippen molar-refractivity contribution in [3.05, 3.63) is 97.8 Å². The largest absolute Gasteiger partial charge is 0.503 e. The van der Waals surface area contributed by atoms with E-state index in [1.807, 2.05) is 31.2 Å². The summed E-state index contributed by atoms with van der Waals surface area (Å²) in [5.41, 5.74) is 2.50. The smallest absolute Gasteiger partial charge is 0.295 e. The molecule has 0 saturated heterocycles. The molecule has 160 valence electrons. The van der Waals surface area contributed by atoms with Crippen LogP contribution in [0.15, 0.2) is 74.3 Å². The van der Waals surface area contributed by atoms with Crippen molar-refractivity contribution in [2.45, 2.75) is 13.0 Å². The SMILES string of the molecule is COc1cc(C2c3c(oc4ccc(C)cc4c3=O)C(=O)N2c2ccccc2)cc(Br)c1O. The molecule has 1 atom stereocenters. The van der Waals surface area contributed by atoms with Gasteiger partial charge in [-0.2, -0.15) is 0 Å². The van der Waals surface area contributed by atoms with Gasteiger partial charge in [0.05, 0.1) is 28.6 Å². The number of methoxy groups -OCH3 is 1. The van der Waals surface area contributed by atoms with Crippen molar-refractivity contribution in [3.63, 3.8) is 0 Å². The molecule has 0 spiro atoms. The Morgan fingerprint density at radius 2 is 1.81 bits per heavy atom. The Morgan fingerprint density at radius 1 is 1.06 bits per heavy atom. The van der Waals surface area contributed by atoms with E-state index in [0.29, 0.717) is 26.7 Å². The first-order chi connectivity index (χ1) is 15.4. The number of amides is 1. The van der Waals surface area contributed by atoms with Gasteiger partial charge in [0.1, 0.15) is 5.58 Å². The Kier molecular flexibility index (Phi) is 4.78. The maximum Gasteiger partial charge on any atom is 0.295 e. The summed E-state index contributed by atoms with van der Waals surface area (Å²) < 4.78 is 11.7. The molecule has 6 nitrogen and oxygen atoms in total. The molecule has 1 aliphatic heterocycles. The molecular weight excluding hydrogens is 474 g/mol. The van der Waals surface area contributed by atoms with Crippen molar-refractivity contribution in [1.29, 1.82) is 0 Å². The summed E-state index contributed by atoms with van der Waals surface area (Å²) in [5.74, 6) is -0.222. The Hall–Kier alpha value is -3.58. The maximum absolute atomic E-state index is 13.7. The van der Waals surface area contributed by atoms with Crippen LogP contribution in [0.4, 0.5) is 5.69 Å². The number of ether oxygens (including phenoxy) is 1. The molecule has 1 aliphatic rings. The summed E-state index contributed by atoms with van der Waals surface area (Å²) in [6.45, 7) is 1.90. The van der Waals surface area contributed by atoms with Crippen LogP contribution >= 0.6 is 15.9 Å². The number of benzene rings is 3. The lowest BCUT2D eigenvalue weighted by Gasteiger charge is -2.26. The topological polar surface area (TPSA) is 80.0 Å². The fourth-order valence-corrected chi connectivity index (χ4v) is 4.62. The molecule has 7 heteroatoms. The van der Waals surface area contributed by atoms with Gasteiger partial charge in [0.2, 0.25) is 5.76 Å². The number of anilines is 1.